The second kappa shape index (κ2) is 7.48. The van der Waals surface area contributed by atoms with Gasteiger partial charge in [0.2, 0.25) is 0 Å². The molecule has 1 aromatic carbocycles. The van der Waals surface area contributed by atoms with Crippen LogP contribution < -0.4 is 0 Å². The summed E-state index contributed by atoms with van der Waals surface area (Å²) in [5.74, 6) is 0. The number of aldehydes is 1. The molecule has 0 atom stereocenters. The molecule has 0 heterocycles. The van der Waals surface area contributed by atoms with Crippen LogP contribution in [0.2, 0.25) is 0 Å². The molecule has 0 saturated carbocycles. The molecule has 1 rings (SSSR count). The molecule has 7 nitrogen and oxygen atoms in total. The van der Waals surface area contributed by atoms with Gasteiger partial charge >= 0.3 is 59.1 Å². The number of hydrogen-bond acceptors (Lipinski definition) is 5. The van der Waals surface area contributed by atoms with Crippen molar-refractivity contribution in [3.8, 4) is 0 Å². The van der Waals surface area contributed by atoms with E-state index in [1.165, 1.54) is 0 Å². The third-order valence-corrected chi connectivity index (χ3v) is 3.59. The van der Waals surface area contributed by atoms with Crippen LogP contribution in [-0.4, -0.2) is 91.3 Å². The fourth-order valence-electron chi connectivity index (χ4n) is 1.01. The summed E-state index contributed by atoms with van der Waals surface area (Å²) in [4.78, 5) is 8.33. The van der Waals surface area contributed by atoms with Crippen molar-refractivity contribution in [2.24, 2.45) is 0 Å². The first-order valence-electron chi connectivity index (χ1n) is 3.70. The predicted octanol–water partition coefficient (Wildman–Crippen LogP) is -1.30. The summed E-state index contributed by atoms with van der Waals surface area (Å²) < 4.78 is 60.7. The Balaban J connectivity index is 0. The van der Waals surface area contributed by atoms with Crippen molar-refractivity contribution in [3.05, 3.63) is 23.8 Å². The zero-order chi connectivity index (χ0) is 12.6. The fraction of sp³-hybridized carbons (Fsp3) is 0. The van der Waals surface area contributed by atoms with E-state index in [9.17, 15) is 21.6 Å². The van der Waals surface area contributed by atoms with E-state index in [0.717, 1.165) is 6.07 Å². The van der Waals surface area contributed by atoms with Gasteiger partial charge in [-0.05, 0) is 12.1 Å². The van der Waals surface area contributed by atoms with Crippen molar-refractivity contribution >= 4 is 85.6 Å². The first-order valence-corrected chi connectivity index (χ1v) is 6.58. The Hall–Kier alpha value is 0.710. The van der Waals surface area contributed by atoms with Crippen molar-refractivity contribution in [3.63, 3.8) is 0 Å². The standard InChI is InChI=1S/C7H6O7S2.2Na.2H/c8-4-5-1-2-6(15(9,10)11)7(3-5)16(12,13)14;;;;/h1-4H,(H,9,10,11)(H,12,13,14);;;;. The summed E-state index contributed by atoms with van der Waals surface area (Å²) in [5, 5.41) is 0. The number of carbonyl (C=O) groups excluding carboxylic acids is 1. The van der Waals surface area contributed by atoms with E-state index >= 15 is 0 Å². The van der Waals surface area contributed by atoms with Gasteiger partial charge < -0.3 is 0 Å². The molecule has 11 heteroatoms. The number of benzene rings is 1. The minimum absolute atomic E-state index is 0. The number of rotatable bonds is 3. The second-order valence-electron chi connectivity index (χ2n) is 2.77. The van der Waals surface area contributed by atoms with E-state index < -0.39 is 30.0 Å². The minimum atomic E-state index is -4.85. The molecular weight excluding hydrogens is 306 g/mol. The van der Waals surface area contributed by atoms with Gasteiger partial charge in [-0.2, -0.15) is 16.8 Å². The molecule has 0 saturated heterocycles. The summed E-state index contributed by atoms with van der Waals surface area (Å²) in [7, 11) is -9.64. The molecule has 92 valence electrons. The third kappa shape index (κ3) is 5.37. The molecule has 0 amide bonds. The molecule has 0 aliphatic heterocycles. The van der Waals surface area contributed by atoms with Crippen LogP contribution in [0.4, 0.5) is 0 Å². The second-order valence-corrected chi connectivity index (χ2v) is 5.55. The molecule has 2 N–H and O–H groups in total. The third-order valence-electron chi connectivity index (χ3n) is 1.66. The van der Waals surface area contributed by atoms with E-state index in [4.69, 9.17) is 9.11 Å². The molecule has 0 fully saturated rings. The first-order chi connectivity index (χ1) is 7.16. The number of carbonyl (C=O) groups is 1. The monoisotopic (exact) mass is 314 g/mol. The van der Waals surface area contributed by atoms with E-state index in [0.29, 0.717) is 12.1 Å². The Morgan fingerprint density at radius 3 is 1.67 bits per heavy atom. The Morgan fingerprint density at radius 1 is 0.889 bits per heavy atom. The maximum absolute atomic E-state index is 10.8. The summed E-state index contributed by atoms with van der Waals surface area (Å²) in [6.45, 7) is 0. The SMILES string of the molecule is O=Cc1ccc(S(=O)(=O)O)c(S(=O)(=O)O)c1.[NaH].[NaH]. The maximum atomic E-state index is 10.8. The zero-order valence-electron chi connectivity index (χ0n) is 7.56. The molecule has 0 aliphatic rings. The van der Waals surface area contributed by atoms with Gasteiger partial charge in [0.1, 0.15) is 16.1 Å². The van der Waals surface area contributed by atoms with Gasteiger partial charge in [-0.15, -0.1) is 0 Å². The van der Waals surface area contributed by atoms with Crippen LogP contribution in [0.25, 0.3) is 0 Å². The Labute approximate surface area is 148 Å². The topological polar surface area (TPSA) is 126 Å². The van der Waals surface area contributed by atoms with Crippen molar-refractivity contribution < 1.29 is 30.7 Å². The quantitative estimate of drug-likeness (QED) is 0.403. The summed E-state index contributed by atoms with van der Waals surface area (Å²) in [6, 6.07) is 2.35. The Kier molecular flexibility index (Phi) is 8.73. The molecule has 0 bridgehead atoms. The van der Waals surface area contributed by atoms with Gasteiger partial charge in [0, 0.05) is 5.56 Å². The van der Waals surface area contributed by atoms with Gasteiger partial charge in [-0.3, -0.25) is 13.9 Å². The molecule has 0 spiro atoms. The molecular formula is C7H8Na2O7S2. The van der Waals surface area contributed by atoms with Crippen LogP contribution >= 0.6 is 0 Å². The van der Waals surface area contributed by atoms with Crippen molar-refractivity contribution in [1.82, 2.24) is 0 Å². The molecule has 0 aliphatic carbocycles. The van der Waals surface area contributed by atoms with E-state index in [1.807, 2.05) is 0 Å². The number of hydrogen-bond donors (Lipinski definition) is 2. The zero-order valence-corrected chi connectivity index (χ0v) is 9.19. The van der Waals surface area contributed by atoms with Crippen molar-refractivity contribution in [2.45, 2.75) is 9.79 Å². The van der Waals surface area contributed by atoms with Crippen LogP contribution in [0.3, 0.4) is 0 Å². The molecule has 0 radical (unpaired) electrons. The molecule has 0 aromatic heterocycles. The van der Waals surface area contributed by atoms with Crippen molar-refractivity contribution in [1.29, 1.82) is 0 Å². The Bertz CT molecular complexity index is 636. The van der Waals surface area contributed by atoms with Gasteiger partial charge in [0.25, 0.3) is 20.2 Å². The summed E-state index contributed by atoms with van der Waals surface area (Å²) >= 11 is 0. The fourth-order valence-corrected chi connectivity index (χ4v) is 2.80. The van der Waals surface area contributed by atoms with E-state index in [2.05, 4.69) is 0 Å². The van der Waals surface area contributed by atoms with Crippen LogP contribution in [-0.2, 0) is 20.2 Å². The van der Waals surface area contributed by atoms with Crippen LogP contribution in [0, 0.1) is 0 Å². The van der Waals surface area contributed by atoms with Crippen LogP contribution in [0.1, 0.15) is 10.4 Å². The average molecular weight is 314 g/mol. The molecule has 18 heavy (non-hydrogen) atoms. The molecule has 0 unspecified atom stereocenters. The van der Waals surface area contributed by atoms with E-state index in [1.54, 1.807) is 0 Å². The Morgan fingerprint density at radius 2 is 1.33 bits per heavy atom. The van der Waals surface area contributed by atoms with Gasteiger partial charge in [0.15, 0.2) is 0 Å². The normalized spacial score (nSPS) is 11.0. The van der Waals surface area contributed by atoms with Gasteiger partial charge in [0.05, 0.1) is 0 Å². The summed E-state index contributed by atoms with van der Waals surface area (Å²) in [5.41, 5.74) is -0.153. The van der Waals surface area contributed by atoms with Crippen molar-refractivity contribution in [2.75, 3.05) is 0 Å². The van der Waals surface area contributed by atoms with Gasteiger partial charge in [-0.25, -0.2) is 0 Å². The van der Waals surface area contributed by atoms with Crippen LogP contribution in [0.15, 0.2) is 28.0 Å². The summed E-state index contributed by atoms with van der Waals surface area (Å²) in [6.07, 6.45) is 0.266. The predicted molar refractivity (Wildman–Crippen MR) is 65.8 cm³/mol. The van der Waals surface area contributed by atoms with Gasteiger partial charge in [-0.1, -0.05) is 6.07 Å². The first kappa shape index (κ1) is 21.0. The average Bonchev–Trinajstić information content (AvgIpc) is 2.14. The van der Waals surface area contributed by atoms with Crippen LogP contribution in [0.5, 0.6) is 0 Å². The van der Waals surface area contributed by atoms with E-state index in [-0.39, 0.29) is 71.0 Å². The molecule has 1 aromatic rings.